The summed E-state index contributed by atoms with van der Waals surface area (Å²) in [5, 5.41) is 4.89. The number of esters is 1. The fraction of sp³-hybridized carbons (Fsp3) is 0.111. The Morgan fingerprint density at radius 3 is 3.07 bits per heavy atom. The first kappa shape index (κ1) is 9.21. The van der Waals surface area contributed by atoms with E-state index < -0.39 is 0 Å². The number of aromatic nitrogens is 2. The Bertz CT molecular complexity index is 493. The average molecular weight is 255 g/mol. The highest BCUT2D eigenvalue weighted by atomic mass is 79.9. The summed E-state index contributed by atoms with van der Waals surface area (Å²) in [5.74, 6) is -0.364. The predicted molar refractivity (Wildman–Crippen MR) is 55.4 cm³/mol. The minimum absolute atomic E-state index is 0.364. The molecule has 0 amide bonds. The zero-order chi connectivity index (χ0) is 10.1. The molecule has 0 bridgehead atoms. The number of hydrogen-bond donors (Lipinski definition) is 0. The highest BCUT2D eigenvalue weighted by Gasteiger charge is 2.13. The van der Waals surface area contributed by atoms with Crippen molar-refractivity contribution in [3.63, 3.8) is 0 Å². The van der Waals surface area contributed by atoms with Crippen molar-refractivity contribution in [1.82, 2.24) is 8.81 Å². The van der Waals surface area contributed by atoms with Crippen LogP contribution in [0.1, 0.15) is 10.4 Å². The predicted octanol–water partition coefficient (Wildman–Crippen LogP) is 1.98. The minimum Gasteiger partial charge on any atom is -0.465 e. The fourth-order valence-corrected chi connectivity index (χ4v) is 1.80. The van der Waals surface area contributed by atoms with Gasteiger partial charge in [0, 0.05) is 5.39 Å². The molecule has 0 aliphatic carbocycles. The molecule has 1 heterocycles. The normalized spacial score (nSPS) is 10.4. The van der Waals surface area contributed by atoms with Gasteiger partial charge >= 0.3 is 5.97 Å². The maximum atomic E-state index is 11.4. The molecule has 0 N–H and O–H groups in total. The van der Waals surface area contributed by atoms with Gasteiger partial charge in [-0.15, -0.1) is 0 Å². The smallest absolute Gasteiger partial charge is 0.340 e. The van der Waals surface area contributed by atoms with Crippen LogP contribution in [-0.2, 0) is 4.74 Å². The molecule has 4 nitrogen and oxygen atoms in total. The maximum absolute atomic E-state index is 11.4. The third-order valence-corrected chi connectivity index (χ3v) is 2.49. The third-order valence-electron chi connectivity index (χ3n) is 1.96. The lowest BCUT2D eigenvalue weighted by Crippen LogP contribution is -2.02. The van der Waals surface area contributed by atoms with Gasteiger partial charge in [0.15, 0.2) is 0 Å². The standard InChI is InChI=1S/C9H7BrN2O2/c1-14-9(13)7-4-2-3-6-5-11-12(10)8(6)7/h2-5H,1H3. The Hall–Kier alpha value is -1.36. The van der Waals surface area contributed by atoms with Gasteiger partial charge in [0.05, 0.1) is 40.5 Å². The van der Waals surface area contributed by atoms with E-state index in [4.69, 9.17) is 0 Å². The molecule has 0 saturated carbocycles. The van der Waals surface area contributed by atoms with E-state index in [0.29, 0.717) is 5.56 Å². The Morgan fingerprint density at radius 2 is 2.36 bits per heavy atom. The Morgan fingerprint density at radius 1 is 1.57 bits per heavy atom. The van der Waals surface area contributed by atoms with Crippen LogP contribution < -0.4 is 0 Å². The molecule has 5 heteroatoms. The highest BCUT2D eigenvalue weighted by molar-refractivity contribution is 9.08. The van der Waals surface area contributed by atoms with Crippen LogP contribution in [0.2, 0.25) is 0 Å². The van der Waals surface area contributed by atoms with Crippen LogP contribution in [0, 0.1) is 0 Å². The van der Waals surface area contributed by atoms with E-state index in [2.05, 4.69) is 26.0 Å². The molecule has 1 aromatic heterocycles. The van der Waals surface area contributed by atoms with Gasteiger partial charge in [0.25, 0.3) is 0 Å². The van der Waals surface area contributed by atoms with E-state index in [1.54, 1.807) is 18.3 Å². The topological polar surface area (TPSA) is 44.1 Å². The van der Waals surface area contributed by atoms with E-state index in [0.717, 1.165) is 10.9 Å². The summed E-state index contributed by atoms with van der Waals surface area (Å²) in [5.41, 5.74) is 1.22. The largest absolute Gasteiger partial charge is 0.465 e. The number of carbonyl (C=O) groups is 1. The van der Waals surface area contributed by atoms with E-state index in [1.807, 2.05) is 6.07 Å². The van der Waals surface area contributed by atoms with Crippen LogP contribution in [0.25, 0.3) is 10.9 Å². The number of ether oxygens (including phenoxy) is 1. The van der Waals surface area contributed by atoms with E-state index in [-0.39, 0.29) is 5.97 Å². The molecule has 14 heavy (non-hydrogen) atoms. The van der Waals surface area contributed by atoms with Gasteiger partial charge in [-0.05, 0) is 6.07 Å². The molecule has 2 rings (SSSR count). The maximum Gasteiger partial charge on any atom is 0.340 e. The molecule has 0 aliphatic rings. The van der Waals surface area contributed by atoms with E-state index in [1.165, 1.54) is 10.8 Å². The van der Waals surface area contributed by atoms with Crippen LogP contribution in [0.5, 0.6) is 0 Å². The minimum atomic E-state index is -0.364. The Kier molecular flexibility index (Phi) is 2.25. The third kappa shape index (κ3) is 1.29. The van der Waals surface area contributed by atoms with Crippen LogP contribution >= 0.6 is 16.1 Å². The lowest BCUT2D eigenvalue weighted by molar-refractivity contribution is 0.0602. The van der Waals surface area contributed by atoms with Crippen molar-refractivity contribution in [1.29, 1.82) is 0 Å². The van der Waals surface area contributed by atoms with Crippen molar-refractivity contribution in [2.24, 2.45) is 0 Å². The lowest BCUT2D eigenvalue weighted by Gasteiger charge is -2.01. The monoisotopic (exact) mass is 254 g/mol. The fourth-order valence-electron chi connectivity index (χ4n) is 1.32. The van der Waals surface area contributed by atoms with Gasteiger partial charge in [-0.25, -0.2) is 4.79 Å². The highest BCUT2D eigenvalue weighted by Crippen LogP contribution is 2.20. The van der Waals surface area contributed by atoms with Crippen LogP contribution in [0.3, 0.4) is 0 Å². The second-order valence-electron chi connectivity index (χ2n) is 2.74. The number of para-hydroxylation sites is 1. The zero-order valence-corrected chi connectivity index (χ0v) is 8.98. The molecule has 0 radical (unpaired) electrons. The molecule has 0 fully saturated rings. The molecule has 0 atom stereocenters. The quantitative estimate of drug-likeness (QED) is 0.732. The van der Waals surface area contributed by atoms with Gasteiger partial charge in [0.1, 0.15) is 0 Å². The summed E-state index contributed by atoms with van der Waals surface area (Å²) in [6.07, 6.45) is 1.68. The number of methoxy groups -OCH3 is 1. The van der Waals surface area contributed by atoms with Crippen molar-refractivity contribution in [3.05, 3.63) is 30.0 Å². The molecular formula is C9H7BrN2O2. The van der Waals surface area contributed by atoms with E-state index in [9.17, 15) is 4.79 Å². The summed E-state index contributed by atoms with van der Waals surface area (Å²) in [6, 6.07) is 5.38. The first-order chi connectivity index (χ1) is 6.74. The van der Waals surface area contributed by atoms with Crippen LogP contribution in [-0.4, -0.2) is 21.9 Å². The molecular weight excluding hydrogens is 248 g/mol. The van der Waals surface area contributed by atoms with Crippen molar-refractivity contribution in [3.8, 4) is 0 Å². The summed E-state index contributed by atoms with van der Waals surface area (Å²) in [4.78, 5) is 11.4. The molecule has 1 aromatic carbocycles. The number of rotatable bonds is 1. The Labute approximate surface area is 88.8 Å². The number of halogens is 1. The van der Waals surface area contributed by atoms with Crippen LogP contribution in [0.15, 0.2) is 24.4 Å². The summed E-state index contributed by atoms with van der Waals surface area (Å²) in [6.45, 7) is 0. The van der Waals surface area contributed by atoms with Crippen LogP contribution in [0.4, 0.5) is 0 Å². The molecule has 0 spiro atoms. The van der Waals surface area contributed by atoms with Gasteiger partial charge < -0.3 is 4.74 Å². The van der Waals surface area contributed by atoms with Gasteiger partial charge in [-0.1, -0.05) is 12.1 Å². The number of benzene rings is 1. The number of hydrogen-bond acceptors (Lipinski definition) is 3. The molecule has 0 saturated heterocycles. The van der Waals surface area contributed by atoms with Crippen molar-refractivity contribution >= 4 is 33.0 Å². The summed E-state index contributed by atoms with van der Waals surface area (Å²) >= 11 is 3.21. The van der Waals surface area contributed by atoms with E-state index >= 15 is 0 Å². The van der Waals surface area contributed by atoms with Gasteiger partial charge in [-0.3, -0.25) is 0 Å². The first-order valence-electron chi connectivity index (χ1n) is 3.95. The van der Waals surface area contributed by atoms with Gasteiger partial charge in [-0.2, -0.15) is 8.81 Å². The summed E-state index contributed by atoms with van der Waals surface area (Å²) in [7, 11) is 1.36. The number of carbonyl (C=O) groups excluding carboxylic acids is 1. The first-order valence-corrected chi connectivity index (χ1v) is 4.66. The summed E-state index contributed by atoms with van der Waals surface area (Å²) < 4.78 is 6.15. The molecule has 0 unspecified atom stereocenters. The number of nitrogens with zero attached hydrogens (tertiary/aromatic N) is 2. The SMILES string of the molecule is COC(=O)c1cccc2cnn(Br)c12. The second-order valence-corrected chi connectivity index (χ2v) is 3.41. The zero-order valence-electron chi connectivity index (χ0n) is 7.40. The van der Waals surface area contributed by atoms with Gasteiger partial charge in [0.2, 0.25) is 0 Å². The van der Waals surface area contributed by atoms with Crippen molar-refractivity contribution < 1.29 is 9.53 Å². The second kappa shape index (κ2) is 3.42. The molecule has 0 aliphatic heterocycles. The molecule has 72 valence electrons. The number of fused-ring (bicyclic) bond motifs is 1. The lowest BCUT2D eigenvalue weighted by atomic mass is 10.1. The van der Waals surface area contributed by atoms with Crippen molar-refractivity contribution in [2.75, 3.05) is 7.11 Å². The molecule has 2 aromatic rings. The Balaban J connectivity index is 2.75. The van der Waals surface area contributed by atoms with Crippen molar-refractivity contribution in [2.45, 2.75) is 0 Å². The average Bonchev–Trinajstić information content (AvgIpc) is 2.59.